The molecule has 0 bridgehead atoms. The van der Waals surface area contributed by atoms with Gasteiger partial charge in [-0.15, -0.1) is 0 Å². The molecular formula is C12H19NO3. The molecule has 16 heavy (non-hydrogen) atoms. The molecule has 0 aliphatic carbocycles. The van der Waals surface area contributed by atoms with Gasteiger partial charge in [-0.3, -0.25) is 9.59 Å². The van der Waals surface area contributed by atoms with Crippen LogP contribution < -0.4 is 5.32 Å². The number of aliphatic carboxylic acids is 1. The molecule has 0 aromatic rings. The van der Waals surface area contributed by atoms with E-state index in [1.165, 1.54) is 18.9 Å². The fraction of sp³-hybridized carbons (Fsp3) is 0.500. The van der Waals surface area contributed by atoms with Gasteiger partial charge in [0.25, 0.3) is 0 Å². The monoisotopic (exact) mass is 225 g/mol. The number of carbonyl (C=O) groups is 2. The lowest BCUT2D eigenvalue weighted by Crippen LogP contribution is -2.27. The maximum Gasteiger partial charge on any atom is 0.322 e. The minimum absolute atomic E-state index is 0.344. The third-order valence-electron chi connectivity index (χ3n) is 1.88. The molecule has 0 atom stereocenters. The van der Waals surface area contributed by atoms with E-state index in [1.807, 2.05) is 6.08 Å². The average Bonchev–Trinajstić information content (AvgIpc) is 2.25. The number of hydrogen-bond acceptors (Lipinski definition) is 2. The Hall–Kier alpha value is -1.58. The second-order valence-corrected chi connectivity index (χ2v) is 3.39. The third-order valence-corrected chi connectivity index (χ3v) is 1.88. The molecule has 4 nitrogen and oxygen atoms in total. The van der Waals surface area contributed by atoms with E-state index in [-0.39, 0.29) is 12.5 Å². The zero-order chi connectivity index (χ0) is 12.2. The van der Waals surface area contributed by atoms with Crippen LogP contribution in [0.2, 0.25) is 0 Å². The maximum atomic E-state index is 11.0. The number of unbranched alkanes of at least 4 members (excludes halogenated alkanes) is 3. The van der Waals surface area contributed by atoms with Crippen LogP contribution in [-0.4, -0.2) is 23.5 Å². The van der Waals surface area contributed by atoms with Gasteiger partial charge in [0.15, 0.2) is 0 Å². The van der Waals surface area contributed by atoms with Crippen LogP contribution in [0.25, 0.3) is 0 Å². The molecule has 0 unspecified atom stereocenters. The van der Waals surface area contributed by atoms with Crippen LogP contribution in [0.3, 0.4) is 0 Å². The van der Waals surface area contributed by atoms with Crippen molar-refractivity contribution >= 4 is 11.9 Å². The van der Waals surface area contributed by atoms with E-state index in [0.717, 1.165) is 12.8 Å². The molecule has 2 N–H and O–H groups in total. The first-order valence-corrected chi connectivity index (χ1v) is 5.49. The van der Waals surface area contributed by atoms with E-state index in [0.29, 0.717) is 0 Å². The molecular weight excluding hydrogens is 206 g/mol. The van der Waals surface area contributed by atoms with Crippen molar-refractivity contribution in [1.82, 2.24) is 5.32 Å². The fourth-order valence-corrected chi connectivity index (χ4v) is 1.05. The molecule has 1 amide bonds. The Morgan fingerprint density at radius 1 is 1.25 bits per heavy atom. The van der Waals surface area contributed by atoms with E-state index in [1.54, 1.807) is 12.2 Å². The Kier molecular flexibility index (Phi) is 8.97. The number of amides is 1. The number of allylic oxidation sites excluding steroid dienone is 3. The highest BCUT2D eigenvalue weighted by molar-refractivity contribution is 5.90. The molecule has 0 spiro atoms. The first kappa shape index (κ1) is 14.4. The summed E-state index contributed by atoms with van der Waals surface area (Å²) in [7, 11) is 0. The SMILES string of the molecule is CCCCC/C=C/C=C/C(=O)NCC(=O)O. The van der Waals surface area contributed by atoms with Crippen molar-refractivity contribution in [1.29, 1.82) is 0 Å². The van der Waals surface area contributed by atoms with Crippen LogP contribution in [0.1, 0.15) is 32.6 Å². The number of carboxylic acids is 1. The van der Waals surface area contributed by atoms with Gasteiger partial charge in [-0.1, -0.05) is 38.0 Å². The molecule has 0 aliphatic rings. The van der Waals surface area contributed by atoms with E-state index in [9.17, 15) is 9.59 Å². The highest BCUT2D eigenvalue weighted by Gasteiger charge is 1.97. The van der Waals surface area contributed by atoms with Crippen molar-refractivity contribution < 1.29 is 14.7 Å². The van der Waals surface area contributed by atoms with E-state index >= 15 is 0 Å². The molecule has 4 heteroatoms. The number of nitrogens with one attached hydrogen (secondary N) is 1. The van der Waals surface area contributed by atoms with Crippen LogP contribution in [0, 0.1) is 0 Å². The molecule has 0 heterocycles. The van der Waals surface area contributed by atoms with Gasteiger partial charge < -0.3 is 10.4 Å². The smallest absolute Gasteiger partial charge is 0.322 e. The molecule has 0 aromatic heterocycles. The zero-order valence-corrected chi connectivity index (χ0v) is 9.61. The van der Waals surface area contributed by atoms with Crippen molar-refractivity contribution in [2.45, 2.75) is 32.6 Å². The van der Waals surface area contributed by atoms with Gasteiger partial charge in [-0.2, -0.15) is 0 Å². The van der Waals surface area contributed by atoms with Crippen molar-refractivity contribution in [2.24, 2.45) is 0 Å². The van der Waals surface area contributed by atoms with Gasteiger partial charge in [-0.25, -0.2) is 0 Å². The molecule has 0 aromatic carbocycles. The van der Waals surface area contributed by atoms with Crippen molar-refractivity contribution in [3.63, 3.8) is 0 Å². The van der Waals surface area contributed by atoms with Crippen molar-refractivity contribution in [3.05, 3.63) is 24.3 Å². The van der Waals surface area contributed by atoms with Crippen LogP contribution in [0.5, 0.6) is 0 Å². The standard InChI is InChI=1S/C12H19NO3/c1-2-3-4-5-6-7-8-9-11(14)13-10-12(15)16/h6-9H,2-5,10H2,1H3,(H,13,14)(H,15,16)/b7-6+,9-8+. The van der Waals surface area contributed by atoms with E-state index in [4.69, 9.17) is 5.11 Å². The predicted octanol–water partition coefficient (Wildman–Crippen LogP) is 1.88. The maximum absolute atomic E-state index is 11.0. The predicted molar refractivity (Wildman–Crippen MR) is 63.1 cm³/mol. The normalized spacial score (nSPS) is 11.1. The molecule has 0 aliphatic heterocycles. The topological polar surface area (TPSA) is 66.4 Å². The van der Waals surface area contributed by atoms with Gasteiger partial charge in [-0.05, 0) is 12.8 Å². The van der Waals surface area contributed by atoms with Crippen LogP contribution >= 0.6 is 0 Å². The summed E-state index contributed by atoms with van der Waals surface area (Å²) in [6.07, 6.45) is 11.3. The Bertz CT molecular complexity index is 269. The third kappa shape index (κ3) is 10.5. The minimum atomic E-state index is -1.04. The van der Waals surface area contributed by atoms with E-state index in [2.05, 4.69) is 12.2 Å². The van der Waals surface area contributed by atoms with Crippen LogP contribution in [-0.2, 0) is 9.59 Å². The Balaban J connectivity index is 3.58. The summed E-state index contributed by atoms with van der Waals surface area (Å²) in [6.45, 7) is 1.81. The summed E-state index contributed by atoms with van der Waals surface area (Å²) in [6, 6.07) is 0. The quantitative estimate of drug-likeness (QED) is 0.376. The van der Waals surface area contributed by atoms with Crippen LogP contribution in [0.15, 0.2) is 24.3 Å². The zero-order valence-electron chi connectivity index (χ0n) is 9.61. The van der Waals surface area contributed by atoms with Gasteiger partial charge in [0.2, 0.25) is 5.91 Å². The van der Waals surface area contributed by atoms with Gasteiger partial charge in [0.1, 0.15) is 6.54 Å². The molecule has 0 saturated heterocycles. The van der Waals surface area contributed by atoms with Crippen LogP contribution in [0.4, 0.5) is 0 Å². The molecule has 0 rings (SSSR count). The summed E-state index contributed by atoms with van der Waals surface area (Å²) in [4.78, 5) is 21.1. The second kappa shape index (κ2) is 9.96. The Morgan fingerprint density at radius 2 is 2.00 bits per heavy atom. The van der Waals surface area contributed by atoms with Crippen molar-refractivity contribution in [2.75, 3.05) is 6.54 Å². The second-order valence-electron chi connectivity index (χ2n) is 3.39. The first-order valence-electron chi connectivity index (χ1n) is 5.49. The Labute approximate surface area is 96.0 Å². The average molecular weight is 225 g/mol. The van der Waals surface area contributed by atoms with Gasteiger partial charge in [0.05, 0.1) is 0 Å². The fourth-order valence-electron chi connectivity index (χ4n) is 1.05. The molecule has 0 radical (unpaired) electrons. The highest BCUT2D eigenvalue weighted by Crippen LogP contribution is 1.99. The van der Waals surface area contributed by atoms with Crippen molar-refractivity contribution in [3.8, 4) is 0 Å². The number of hydrogen-bond donors (Lipinski definition) is 2. The molecule has 90 valence electrons. The number of rotatable bonds is 8. The molecule has 0 saturated carbocycles. The lowest BCUT2D eigenvalue weighted by molar-refractivity contribution is -0.137. The highest BCUT2D eigenvalue weighted by atomic mass is 16.4. The summed E-state index contributed by atoms with van der Waals surface area (Å²) in [5.74, 6) is -1.43. The minimum Gasteiger partial charge on any atom is -0.480 e. The van der Waals surface area contributed by atoms with Gasteiger partial charge >= 0.3 is 5.97 Å². The summed E-state index contributed by atoms with van der Waals surface area (Å²) in [5.41, 5.74) is 0. The number of carboxylic acid groups (broad SMARTS) is 1. The lowest BCUT2D eigenvalue weighted by atomic mass is 10.2. The first-order chi connectivity index (χ1) is 7.66. The molecule has 0 fully saturated rings. The van der Waals surface area contributed by atoms with Gasteiger partial charge in [0, 0.05) is 6.08 Å². The summed E-state index contributed by atoms with van der Waals surface area (Å²) < 4.78 is 0. The summed E-state index contributed by atoms with van der Waals surface area (Å²) >= 11 is 0. The largest absolute Gasteiger partial charge is 0.480 e. The Morgan fingerprint density at radius 3 is 2.62 bits per heavy atom. The summed E-state index contributed by atoms with van der Waals surface area (Å²) in [5, 5.41) is 10.5. The lowest BCUT2D eigenvalue weighted by Gasteiger charge is -1.94. The number of carbonyl (C=O) groups excluding carboxylic acids is 1. The van der Waals surface area contributed by atoms with E-state index < -0.39 is 5.97 Å².